The van der Waals surface area contributed by atoms with Crippen molar-refractivity contribution in [1.29, 1.82) is 0 Å². The van der Waals surface area contributed by atoms with Crippen LogP contribution in [0.25, 0.3) is 27.8 Å². The molecule has 0 unspecified atom stereocenters. The lowest BCUT2D eigenvalue weighted by atomic mass is 9.94. The summed E-state index contributed by atoms with van der Waals surface area (Å²) in [6.45, 7) is 1.53. The van der Waals surface area contributed by atoms with Gasteiger partial charge in [0.2, 0.25) is 0 Å². The maximum absolute atomic E-state index is 12.5. The number of aliphatic hydroxyl groups excluding tert-OH is 1. The Morgan fingerprint density at radius 3 is 2.89 bits per heavy atom. The van der Waals surface area contributed by atoms with Gasteiger partial charge in [0.1, 0.15) is 23.2 Å². The monoisotopic (exact) mass is 366 g/mol. The molecule has 0 amide bonds. The molecule has 0 aliphatic carbocycles. The van der Waals surface area contributed by atoms with Gasteiger partial charge in [-0.2, -0.15) is 0 Å². The highest BCUT2D eigenvalue weighted by atomic mass is 16.5. The van der Waals surface area contributed by atoms with Crippen molar-refractivity contribution in [2.45, 2.75) is 25.9 Å². The van der Waals surface area contributed by atoms with Gasteiger partial charge >= 0.3 is 5.97 Å². The van der Waals surface area contributed by atoms with E-state index in [2.05, 4.69) is 0 Å². The summed E-state index contributed by atoms with van der Waals surface area (Å²) in [5, 5.41) is 11.6. The lowest BCUT2D eigenvalue weighted by Gasteiger charge is -2.26. The van der Waals surface area contributed by atoms with Crippen LogP contribution in [0.15, 0.2) is 45.3 Å². The summed E-state index contributed by atoms with van der Waals surface area (Å²) in [4.78, 5) is 24.2. The number of allylic oxidation sites excluding steroid dienone is 1. The summed E-state index contributed by atoms with van der Waals surface area (Å²) in [6, 6.07) is 8.65. The molecule has 0 saturated heterocycles. The second kappa shape index (κ2) is 6.46. The van der Waals surface area contributed by atoms with E-state index in [-0.39, 0.29) is 29.7 Å². The Hall–Kier alpha value is -3.28. The lowest BCUT2D eigenvalue weighted by Crippen LogP contribution is -2.27. The first-order valence-electron chi connectivity index (χ1n) is 8.59. The standard InChI is InChI=1S/C21H18O6/c1-11(22)6-14-9-17-20-13(8-15(26-17)10-18(24)25-2)7-12-4-3-5-16(23)19(12)21(20)27-14/h3-7,9,15,22H,8,10H2,1-2H3/t15-/m0/s1. The first-order chi connectivity index (χ1) is 13.0. The maximum atomic E-state index is 12.5. The van der Waals surface area contributed by atoms with E-state index < -0.39 is 0 Å². The fourth-order valence-electron chi connectivity index (χ4n) is 3.54. The van der Waals surface area contributed by atoms with Crippen molar-refractivity contribution in [3.8, 4) is 5.75 Å². The van der Waals surface area contributed by atoms with E-state index in [0.29, 0.717) is 28.9 Å². The van der Waals surface area contributed by atoms with Crippen molar-refractivity contribution in [3.05, 3.63) is 57.6 Å². The number of methoxy groups -OCH3 is 1. The molecule has 2 heterocycles. The highest BCUT2D eigenvalue weighted by Gasteiger charge is 2.27. The first-order valence-corrected chi connectivity index (χ1v) is 8.59. The number of esters is 1. The van der Waals surface area contributed by atoms with E-state index in [4.69, 9.17) is 13.9 Å². The summed E-state index contributed by atoms with van der Waals surface area (Å²) in [7, 11) is 1.34. The molecule has 6 heteroatoms. The zero-order valence-corrected chi connectivity index (χ0v) is 14.9. The Morgan fingerprint density at radius 2 is 2.15 bits per heavy atom. The van der Waals surface area contributed by atoms with Crippen molar-refractivity contribution in [2.75, 3.05) is 7.11 Å². The zero-order valence-electron chi connectivity index (χ0n) is 14.9. The highest BCUT2D eigenvalue weighted by Crippen LogP contribution is 2.40. The van der Waals surface area contributed by atoms with E-state index >= 15 is 0 Å². The minimum Gasteiger partial charge on any atom is -0.512 e. The molecule has 1 aliphatic rings. The number of fused-ring (bicyclic) bond motifs is 2. The summed E-state index contributed by atoms with van der Waals surface area (Å²) in [5.41, 5.74) is 1.22. The molecule has 0 saturated carbocycles. The van der Waals surface area contributed by atoms with Crippen LogP contribution in [0.3, 0.4) is 0 Å². The molecule has 6 nitrogen and oxygen atoms in total. The quantitative estimate of drug-likeness (QED) is 0.432. The molecule has 1 aromatic heterocycles. The molecule has 0 radical (unpaired) electrons. The largest absolute Gasteiger partial charge is 0.512 e. The van der Waals surface area contributed by atoms with Crippen LogP contribution in [-0.2, 0) is 16.0 Å². The lowest BCUT2D eigenvalue weighted by molar-refractivity contribution is -0.142. The number of hydrogen-bond acceptors (Lipinski definition) is 6. The minimum absolute atomic E-state index is 0.0648. The molecule has 3 aromatic rings. The van der Waals surface area contributed by atoms with Crippen molar-refractivity contribution >= 4 is 33.8 Å². The number of hydrogen-bond donors (Lipinski definition) is 1. The smallest absolute Gasteiger partial charge is 0.309 e. The summed E-state index contributed by atoms with van der Waals surface area (Å²) < 4.78 is 16.7. The predicted molar refractivity (Wildman–Crippen MR) is 101 cm³/mol. The highest BCUT2D eigenvalue weighted by molar-refractivity contribution is 6.08. The number of carbonyl (C=O) groups excluding carboxylic acids is 1. The van der Waals surface area contributed by atoms with Gasteiger partial charge < -0.3 is 19.0 Å². The number of aliphatic hydroxyl groups is 1. The van der Waals surface area contributed by atoms with Crippen LogP contribution in [0.4, 0.5) is 0 Å². The third-order valence-corrected chi connectivity index (χ3v) is 4.62. The van der Waals surface area contributed by atoms with Crippen molar-refractivity contribution < 1.29 is 23.8 Å². The average Bonchev–Trinajstić information content (AvgIpc) is 2.60. The van der Waals surface area contributed by atoms with Crippen LogP contribution in [0.1, 0.15) is 24.7 Å². The van der Waals surface area contributed by atoms with Gasteiger partial charge in [0.05, 0.1) is 30.1 Å². The second-order valence-electron chi connectivity index (χ2n) is 6.62. The average molecular weight is 366 g/mol. The third-order valence-electron chi connectivity index (χ3n) is 4.62. The Morgan fingerprint density at radius 1 is 1.33 bits per heavy atom. The van der Waals surface area contributed by atoms with Crippen LogP contribution in [0.5, 0.6) is 5.75 Å². The van der Waals surface area contributed by atoms with E-state index in [0.717, 1.165) is 16.3 Å². The fourth-order valence-corrected chi connectivity index (χ4v) is 3.54. The van der Waals surface area contributed by atoms with Gasteiger partial charge in [-0.05, 0) is 30.0 Å². The Labute approximate surface area is 154 Å². The zero-order chi connectivity index (χ0) is 19.1. The van der Waals surface area contributed by atoms with Crippen LogP contribution >= 0.6 is 0 Å². The summed E-state index contributed by atoms with van der Waals surface area (Å²) in [5.74, 6) is 0.589. The summed E-state index contributed by atoms with van der Waals surface area (Å²) in [6.07, 6.45) is 1.69. The number of ether oxygens (including phenoxy) is 2. The molecule has 2 aromatic carbocycles. The van der Waals surface area contributed by atoms with Gasteiger partial charge in [-0.1, -0.05) is 12.1 Å². The van der Waals surface area contributed by atoms with E-state index in [1.807, 2.05) is 12.1 Å². The summed E-state index contributed by atoms with van der Waals surface area (Å²) >= 11 is 0. The Bertz CT molecular complexity index is 1150. The van der Waals surface area contributed by atoms with Crippen LogP contribution in [-0.4, -0.2) is 24.3 Å². The molecule has 1 atom stereocenters. The van der Waals surface area contributed by atoms with Gasteiger partial charge in [0.15, 0.2) is 5.43 Å². The molecule has 1 aliphatic heterocycles. The fraction of sp³-hybridized carbons (Fsp3) is 0.238. The molecule has 0 fully saturated rings. The normalized spacial score (nSPS) is 16.4. The van der Waals surface area contributed by atoms with Crippen molar-refractivity contribution in [3.63, 3.8) is 0 Å². The Kier molecular flexibility index (Phi) is 4.11. The molecular formula is C21H18O6. The molecular weight excluding hydrogens is 348 g/mol. The van der Waals surface area contributed by atoms with Crippen LogP contribution < -0.4 is 10.2 Å². The van der Waals surface area contributed by atoms with Gasteiger partial charge in [-0.25, -0.2) is 0 Å². The van der Waals surface area contributed by atoms with Gasteiger partial charge in [-0.3, -0.25) is 9.59 Å². The maximum Gasteiger partial charge on any atom is 0.309 e. The molecule has 1 N–H and O–H groups in total. The minimum atomic E-state index is -0.379. The van der Waals surface area contributed by atoms with E-state index in [9.17, 15) is 14.7 Å². The van der Waals surface area contributed by atoms with Gasteiger partial charge in [0.25, 0.3) is 0 Å². The van der Waals surface area contributed by atoms with Gasteiger partial charge in [-0.15, -0.1) is 0 Å². The third kappa shape index (κ3) is 3.03. The number of rotatable bonds is 3. The molecule has 138 valence electrons. The number of benzene rings is 2. The first kappa shape index (κ1) is 17.1. The van der Waals surface area contributed by atoms with Crippen LogP contribution in [0.2, 0.25) is 0 Å². The van der Waals surface area contributed by atoms with Crippen LogP contribution in [0, 0.1) is 0 Å². The van der Waals surface area contributed by atoms with Crippen molar-refractivity contribution in [1.82, 2.24) is 0 Å². The Balaban J connectivity index is 2.01. The second-order valence-corrected chi connectivity index (χ2v) is 6.62. The molecule has 27 heavy (non-hydrogen) atoms. The van der Waals surface area contributed by atoms with Crippen molar-refractivity contribution in [2.24, 2.45) is 0 Å². The van der Waals surface area contributed by atoms with E-state index in [1.165, 1.54) is 26.2 Å². The topological polar surface area (TPSA) is 86.0 Å². The van der Waals surface area contributed by atoms with E-state index in [1.54, 1.807) is 12.1 Å². The SMILES string of the molecule is COC(=O)C[C@@H]1Cc2cc3cccc(=O)c3c3oc(C=C(C)O)cc(c23)O1. The number of carbonyl (C=O) groups is 1. The molecule has 0 spiro atoms. The molecule has 0 bridgehead atoms. The predicted octanol–water partition coefficient (Wildman–Crippen LogP) is 3.73. The molecule has 4 rings (SSSR count). The van der Waals surface area contributed by atoms with Gasteiger partial charge in [0, 0.05) is 18.6 Å².